The fourth-order valence-corrected chi connectivity index (χ4v) is 2.91. The van der Waals surface area contributed by atoms with Gasteiger partial charge < -0.3 is 14.8 Å². The second-order valence-electron chi connectivity index (χ2n) is 6.10. The average Bonchev–Trinajstić information content (AvgIpc) is 2.42. The Morgan fingerprint density at radius 2 is 2.00 bits per heavy atom. The zero-order chi connectivity index (χ0) is 14.5. The molecular formula is C17H27NO2. The van der Waals surface area contributed by atoms with Crippen LogP contribution < -0.4 is 14.8 Å². The first-order chi connectivity index (χ1) is 9.65. The first-order valence-electron chi connectivity index (χ1n) is 7.58. The van der Waals surface area contributed by atoms with Crippen molar-refractivity contribution in [1.29, 1.82) is 0 Å². The van der Waals surface area contributed by atoms with Crippen molar-refractivity contribution < 1.29 is 9.47 Å². The molecule has 1 aromatic carbocycles. The van der Waals surface area contributed by atoms with Crippen LogP contribution in [-0.4, -0.2) is 27.3 Å². The normalized spacial score (nSPS) is 21.6. The van der Waals surface area contributed by atoms with E-state index in [2.05, 4.69) is 25.2 Å². The number of rotatable bonds is 7. The largest absolute Gasteiger partial charge is 0.497 e. The minimum absolute atomic E-state index is 0.597. The molecule has 2 unspecified atom stereocenters. The summed E-state index contributed by atoms with van der Waals surface area (Å²) in [4.78, 5) is 0. The molecule has 0 amide bonds. The summed E-state index contributed by atoms with van der Waals surface area (Å²) < 4.78 is 10.9. The van der Waals surface area contributed by atoms with Crippen molar-refractivity contribution in [3.63, 3.8) is 0 Å². The second-order valence-corrected chi connectivity index (χ2v) is 6.10. The van der Waals surface area contributed by atoms with E-state index in [0.717, 1.165) is 30.5 Å². The van der Waals surface area contributed by atoms with Gasteiger partial charge in [0.05, 0.1) is 14.2 Å². The van der Waals surface area contributed by atoms with Crippen molar-refractivity contribution in [2.24, 2.45) is 11.8 Å². The highest BCUT2D eigenvalue weighted by molar-refractivity contribution is 5.43. The molecule has 1 aromatic rings. The van der Waals surface area contributed by atoms with Gasteiger partial charge in [-0.1, -0.05) is 13.8 Å². The summed E-state index contributed by atoms with van der Waals surface area (Å²) in [5.41, 5.74) is 1.30. The molecule has 20 heavy (non-hydrogen) atoms. The smallest absolute Gasteiger partial charge is 0.122 e. The van der Waals surface area contributed by atoms with Gasteiger partial charge in [-0.05, 0) is 61.9 Å². The van der Waals surface area contributed by atoms with Crippen molar-refractivity contribution in [2.45, 2.75) is 32.6 Å². The molecule has 3 nitrogen and oxygen atoms in total. The molecule has 0 radical (unpaired) electrons. The van der Waals surface area contributed by atoms with Crippen LogP contribution in [0.2, 0.25) is 0 Å². The SMILES string of the molecule is COc1ccc(OC)c(C2CCC2CNCC(C)C)c1. The van der Waals surface area contributed by atoms with Crippen molar-refractivity contribution in [2.75, 3.05) is 27.3 Å². The van der Waals surface area contributed by atoms with Gasteiger partial charge >= 0.3 is 0 Å². The van der Waals surface area contributed by atoms with Gasteiger partial charge in [0.1, 0.15) is 11.5 Å². The van der Waals surface area contributed by atoms with Crippen molar-refractivity contribution >= 4 is 0 Å². The first-order valence-corrected chi connectivity index (χ1v) is 7.58. The molecule has 0 saturated heterocycles. The Balaban J connectivity index is 2.03. The van der Waals surface area contributed by atoms with Crippen molar-refractivity contribution in [1.82, 2.24) is 5.32 Å². The highest BCUT2D eigenvalue weighted by atomic mass is 16.5. The molecule has 0 bridgehead atoms. The fraction of sp³-hybridized carbons (Fsp3) is 0.647. The maximum absolute atomic E-state index is 5.52. The zero-order valence-corrected chi connectivity index (χ0v) is 13.1. The lowest BCUT2D eigenvalue weighted by atomic mass is 9.69. The number of hydrogen-bond donors (Lipinski definition) is 1. The molecule has 3 heteroatoms. The Kier molecular flexibility index (Phi) is 5.30. The molecule has 0 heterocycles. The van der Waals surface area contributed by atoms with Gasteiger partial charge in [-0.15, -0.1) is 0 Å². The van der Waals surface area contributed by atoms with E-state index in [-0.39, 0.29) is 0 Å². The molecule has 1 fully saturated rings. The summed E-state index contributed by atoms with van der Waals surface area (Å²) in [7, 11) is 3.46. The summed E-state index contributed by atoms with van der Waals surface area (Å²) in [6.07, 6.45) is 2.55. The molecule has 1 aliphatic rings. The van der Waals surface area contributed by atoms with Gasteiger partial charge in [-0.3, -0.25) is 0 Å². The number of nitrogens with one attached hydrogen (secondary N) is 1. The number of hydrogen-bond acceptors (Lipinski definition) is 3. The Morgan fingerprint density at radius 1 is 1.20 bits per heavy atom. The monoisotopic (exact) mass is 277 g/mol. The van der Waals surface area contributed by atoms with E-state index in [1.165, 1.54) is 18.4 Å². The van der Waals surface area contributed by atoms with E-state index < -0.39 is 0 Å². The maximum Gasteiger partial charge on any atom is 0.122 e. The van der Waals surface area contributed by atoms with E-state index in [1.807, 2.05) is 12.1 Å². The minimum atomic E-state index is 0.597. The van der Waals surface area contributed by atoms with Gasteiger partial charge in [0, 0.05) is 5.56 Å². The quantitative estimate of drug-likeness (QED) is 0.828. The Hall–Kier alpha value is -1.22. The Morgan fingerprint density at radius 3 is 2.55 bits per heavy atom. The summed E-state index contributed by atoms with van der Waals surface area (Å²) in [6, 6.07) is 6.12. The minimum Gasteiger partial charge on any atom is -0.497 e. The van der Waals surface area contributed by atoms with Crippen molar-refractivity contribution in [3.05, 3.63) is 23.8 Å². The summed E-state index contributed by atoms with van der Waals surface area (Å²) in [5.74, 6) is 3.93. The third-order valence-corrected chi connectivity index (χ3v) is 4.21. The van der Waals surface area contributed by atoms with Crippen LogP contribution in [0.3, 0.4) is 0 Å². The lowest BCUT2D eigenvalue weighted by molar-refractivity contribution is 0.237. The highest BCUT2D eigenvalue weighted by Crippen LogP contribution is 2.46. The second kappa shape index (κ2) is 6.98. The molecule has 2 atom stereocenters. The Labute approximate surface area is 122 Å². The maximum atomic E-state index is 5.52. The summed E-state index contributed by atoms with van der Waals surface area (Å²) in [6.45, 7) is 6.69. The van der Waals surface area contributed by atoms with E-state index >= 15 is 0 Å². The lowest BCUT2D eigenvalue weighted by Gasteiger charge is -2.38. The van der Waals surface area contributed by atoms with Crippen LogP contribution >= 0.6 is 0 Å². The van der Waals surface area contributed by atoms with Crippen LogP contribution in [0.4, 0.5) is 0 Å². The number of benzene rings is 1. The molecular weight excluding hydrogens is 250 g/mol. The topological polar surface area (TPSA) is 30.5 Å². The fourth-order valence-electron chi connectivity index (χ4n) is 2.91. The third-order valence-electron chi connectivity index (χ3n) is 4.21. The molecule has 1 aliphatic carbocycles. The van der Waals surface area contributed by atoms with Crippen LogP contribution in [0.1, 0.15) is 38.2 Å². The molecule has 0 aromatic heterocycles. The molecule has 0 spiro atoms. The Bertz CT molecular complexity index is 431. The highest BCUT2D eigenvalue weighted by Gasteiger charge is 2.33. The van der Waals surface area contributed by atoms with E-state index in [9.17, 15) is 0 Å². The van der Waals surface area contributed by atoms with Crippen LogP contribution in [0, 0.1) is 11.8 Å². The molecule has 0 aliphatic heterocycles. The first kappa shape index (κ1) is 15.2. The van der Waals surface area contributed by atoms with Crippen LogP contribution in [0.5, 0.6) is 11.5 Å². The lowest BCUT2D eigenvalue weighted by Crippen LogP contribution is -2.35. The standard InChI is InChI=1S/C17H27NO2/c1-12(2)10-18-11-13-5-7-15(13)16-9-14(19-3)6-8-17(16)20-4/h6,8-9,12-13,15,18H,5,7,10-11H2,1-4H3. The van der Waals surface area contributed by atoms with Crippen molar-refractivity contribution in [3.8, 4) is 11.5 Å². The summed E-state index contributed by atoms with van der Waals surface area (Å²) in [5, 5.41) is 3.58. The third kappa shape index (κ3) is 3.45. The predicted molar refractivity (Wildman–Crippen MR) is 82.7 cm³/mol. The van der Waals surface area contributed by atoms with Gasteiger partial charge in [-0.25, -0.2) is 0 Å². The van der Waals surface area contributed by atoms with Gasteiger partial charge in [-0.2, -0.15) is 0 Å². The van der Waals surface area contributed by atoms with E-state index in [0.29, 0.717) is 11.8 Å². The van der Waals surface area contributed by atoms with Crippen LogP contribution in [0.15, 0.2) is 18.2 Å². The van der Waals surface area contributed by atoms with Gasteiger partial charge in [0.2, 0.25) is 0 Å². The van der Waals surface area contributed by atoms with E-state index in [4.69, 9.17) is 9.47 Å². The van der Waals surface area contributed by atoms with Crippen LogP contribution in [0.25, 0.3) is 0 Å². The van der Waals surface area contributed by atoms with Gasteiger partial charge in [0.15, 0.2) is 0 Å². The predicted octanol–water partition coefficient (Wildman–Crippen LogP) is 3.44. The van der Waals surface area contributed by atoms with E-state index in [1.54, 1.807) is 14.2 Å². The zero-order valence-electron chi connectivity index (χ0n) is 13.1. The number of ether oxygens (including phenoxy) is 2. The van der Waals surface area contributed by atoms with Gasteiger partial charge in [0.25, 0.3) is 0 Å². The average molecular weight is 277 g/mol. The molecule has 2 rings (SSSR count). The van der Waals surface area contributed by atoms with Crippen LogP contribution in [-0.2, 0) is 0 Å². The molecule has 1 N–H and O–H groups in total. The molecule has 112 valence electrons. The molecule has 1 saturated carbocycles. The number of methoxy groups -OCH3 is 2. The summed E-state index contributed by atoms with van der Waals surface area (Å²) >= 11 is 0.